The fraction of sp³-hybridized carbons (Fsp3) is 0.273. The number of fused-ring (bicyclic) bond motifs is 1. The molecule has 0 saturated carbocycles. The Hall–Kier alpha value is -1.00. The molecule has 4 heteroatoms. The third-order valence-corrected chi connectivity index (χ3v) is 2.69. The molecule has 1 heterocycles. The lowest BCUT2D eigenvalue weighted by Gasteiger charge is -2.02. The molecule has 0 atom stereocenters. The van der Waals surface area contributed by atoms with Gasteiger partial charge in [0.1, 0.15) is 5.82 Å². The largest absolute Gasteiger partial charge is 0.319 e. The molecule has 0 radical (unpaired) electrons. The summed E-state index contributed by atoms with van der Waals surface area (Å²) >= 11 is 3.44. The van der Waals surface area contributed by atoms with E-state index in [1.165, 1.54) is 0 Å². The lowest BCUT2D eigenvalue weighted by Crippen LogP contribution is -2.12. The van der Waals surface area contributed by atoms with E-state index >= 15 is 0 Å². The number of rotatable bonds is 3. The average Bonchev–Trinajstić information content (AvgIpc) is 2.25. The van der Waals surface area contributed by atoms with Gasteiger partial charge in [0, 0.05) is 29.0 Å². The maximum absolute atomic E-state index is 4.49. The molecule has 78 valence electrons. The van der Waals surface area contributed by atoms with Gasteiger partial charge in [-0.05, 0) is 19.2 Å². The van der Waals surface area contributed by atoms with E-state index in [9.17, 15) is 0 Å². The first-order chi connectivity index (χ1) is 7.29. The van der Waals surface area contributed by atoms with Crippen molar-refractivity contribution in [3.05, 3.63) is 34.7 Å². The van der Waals surface area contributed by atoms with Crippen molar-refractivity contribution in [1.82, 2.24) is 15.3 Å². The van der Waals surface area contributed by atoms with Crippen molar-refractivity contribution >= 4 is 26.8 Å². The zero-order chi connectivity index (χ0) is 10.7. The van der Waals surface area contributed by atoms with E-state index in [2.05, 4.69) is 31.2 Å². The highest BCUT2D eigenvalue weighted by Crippen LogP contribution is 2.17. The van der Waals surface area contributed by atoms with Gasteiger partial charge in [-0.1, -0.05) is 22.0 Å². The van der Waals surface area contributed by atoms with Gasteiger partial charge in [-0.15, -0.1) is 0 Å². The third kappa shape index (κ3) is 2.52. The molecule has 1 N–H and O–H groups in total. The Morgan fingerprint density at radius 3 is 3.07 bits per heavy atom. The monoisotopic (exact) mass is 265 g/mol. The molecule has 0 bridgehead atoms. The van der Waals surface area contributed by atoms with Crippen LogP contribution in [0.25, 0.3) is 10.9 Å². The van der Waals surface area contributed by atoms with Gasteiger partial charge < -0.3 is 5.32 Å². The van der Waals surface area contributed by atoms with Crippen molar-refractivity contribution in [2.75, 3.05) is 13.6 Å². The molecule has 0 aliphatic rings. The number of aromatic nitrogens is 2. The summed E-state index contributed by atoms with van der Waals surface area (Å²) in [5.74, 6) is 0.884. The summed E-state index contributed by atoms with van der Waals surface area (Å²) in [6.07, 6.45) is 2.73. The molecule has 1 aromatic carbocycles. The fourth-order valence-corrected chi connectivity index (χ4v) is 1.74. The number of benzene rings is 1. The van der Waals surface area contributed by atoms with Crippen LogP contribution in [-0.4, -0.2) is 23.6 Å². The van der Waals surface area contributed by atoms with E-state index in [0.29, 0.717) is 0 Å². The highest BCUT2D eigenvalue weighted by Gasteiger charge is 2.00. The Morgan fingerprint density at radius 2 is 2.27 bits per heavy atom. The molecule has 2 rings (SSSR count). The second-order valence-electron chi connectivity index (χ2n) is 3.34. The predicted molar refractivity (Wildman–Crippen MR) is 64.9 cm³/mol. The Morgan fingerprint density at radius 1 is 1.40 bits per heavy atom. The first-order valence-corrected chi connectivity index (χ1v) is 5.64. The number of halogens is 1. The normalized spacial score (nSPS) is 10.8. The van der Waals surface area contributed by atoms with Gasteiger partial charge in [-0.2, -0.15) is 0 Å². The summed E-state index contributed by atoms with van der Waals surface area (Å²) in [7, 11) is 1.93. The van der Waals surface area contributed by atoms with Gasteiger partial charge in [-0.3, -0.25) is 0 Å². The fourth-order valence-electron chi connectivity index (χ4n) is 1.39. The van der Waals surface area contributed by atoms with E-state index in [4.69, 9.17) is 0 Å². The Kier molecular flexibility index (Phi) is 3.28. The quantitative estimate of drug-likeness (QED) is 0.925. The minimum Gasteiger partial charge on any atom is -0.319 e. The molecule has 0 unspecified atom stereocenters. The first kappa shape index (κ1) is 10.5. The Balaban J connectivity index is 2.36. The van der Waals surface area contributed by atoms with Crippen LogP contribution in [0.4, 0.5) is 0 Å². The van der Waals surface area contributed by atoms with Crippen LogP contribution in [0.2, 0.25) is 0 Å². The zero-order valence-corrected chi connectivity index (χ0v) is 10.1. The summed E-state index contributed by atoms with van der Waals surface area (Å²) in [6.45, 7) is 0.902. The minimum atomic E-state index is 0.860. The molecule has 0 fully saturated rings. The number of likely N-dealkylation sites (N-methyl/N-ethyl adjacent to an activating group) is 1. The van der Waals surface area contributed by atoms with Crippen LogP contribution in [-0.2, 0) is 6.42 Å². The number of hydrogen-bond donors (Lipinski definition) is 1. The van der Waals surface area contributed by atoms with Gasteiger partial charge in [0.15, 0.2) is 0 Å². The van der Waals surface area contributed by atoms with Crippen LogP contribution in [0.3, 0.4) is 0 Å². The van der Waals surface area contributed by atoms with Gasteiger partial charge in [0.25, 0.3) is 0 Å². The second-order valence-corrected chi connectivity index (χ2v) is 4.26. The predicted octanol–water partition coefficient (Wildman–Crippen LogP) is 2.15. The van der Waals surface area contributed by atoms with Crippen molar-refractivity contribution in [2.24, 2.45) is 0 Å². The summed E-state index contributed by atoms with van der Waals surface area (Å²) in [6, 6.07) is 6.03. The molecule has 1 aromatic heterocycles. The van der Waals surface area contributed by atoms with Crippen molar-refractivity contribution in [3.63, 3.8) is 0 Å². The molecular formula is C11H12BrN3. The lowest BCUT2D eigenvalue weighted by molar-refractivity contribution is 0.759. The zero-order valence-electron chi connectivity index (χ0n) is 8.50. The Bertz CT molecular complexity index is 470. The molecule has 3 nitrogen and oxygen atoms in total. The minimum absolute atomic E-state index is 0.860. The smallest absolute Gasteiger partial charge is 0.130 e. The third-order valence-electron chi connectivity index (χ3n) is 2.19. The maximum atomic E-state index is 4.49. The van der Waals surface area contributed by atoms with E-state index < -0.39 is 0 Å². The van der Waals surface area contributed by atoms with Gasteiger partial charge in [0.2, 0.25) is 0 Å². The van der Waals surface area contributed by atoms with Crippen molar-refractivity contribution in [3.8, 4) is 0 Å². The molecule has 0 aliphatic carbocycles. The topological polar surface area (TPSA) is 37.8 Å². The van der Waals surface area contributed by atoms with Gasteiger partial charge in [-0.25, -0.2) is 9.97 Å². The van der Waals surface area contributed by atoms with Crippen molar-refractivity contribution in [2.45, 2.75) is 6.42 Å². The van der Waals surface area contributed by atoms with E-state index in [0.717, 1.165) is 34.2 Å². The summed E-state index contributed by atoms with van der Waals surface area (Å²) < 4.78 is 1.05. The van der Waals surface area contributed by atoms with E-state index in [1.54, 1.807) is 0 Å². The molecule has 0 spiro atoms. The molecule has 0 aliphatic heterocycles. The van der Waals surface area contributed by atoms with Crippen molar-refractivity contribution in [1.29, 1.82) is 0 Å². The van der Waals surface area contributed by atoms with Crippen LogP contribution in [0.15, 0.2) is 28.9 Å². The molecule has 0 saturated heterocycles. The van der Waals surface area contributed by atoms with Gasteiger partial charge in [0.05, 0.1) is 5.52 Å². The van der Waals surface area contributed by atoms with E-state index in [1.807, 2.05) is 31.4 Å². The van der Waals surface area contributed by atoms with Gasteiger partial charge >= 0.3 is 0 Å². The number of hydrogen-bond acceptors (Lipinski definition) is 3. The first-order valence-electron chi connectivity index (χ1n) is 4.85. The SMILES string of the molecule is CNCCc1ncc2ccc(Br)cc2n1. The van der Waals surface area contributed by atoms with Crippen LogP contribution in [0.5, 0.6) is 0 Å². The molecule has 0 amide bonds. The summed E-state index contributed by atoms with van der Waals surface area (Å²) in [4.78, 5) is 8.80. The maximum Gasteiger partial charge on any atom is 0.130 e. The molecule has 2 aromatic rings. The molecule has 15 heavy (non-hydrogen) atoms. The second kappa shape index (κ2) is 4.68. The lowest BCUT2D eigenvalue weighted by atomic mass is 10.2. The molecular weight excluding hydrogens is 254 g/mol. The standard InChI is InChI=1S/C11H12BrN3/c1-13-5-4-11-14-7-8-2-3-9(12)6-10(8)15-11/h2-3,6-7,13H,4-5H2,1H3. The van der Waals surface area contributed by atoms with Crippen LogP contribution >= 0.6 is 15.9 Å². The average molecular weight is 266 g/mol. The highest BCUT2D eigenvalue weighted by molar-refractivity contribution is 9.10. The number of nitrogens with one attached hydrogen (secondary N) is 1. The Labute approximate surface area is 97.1 Å². The van der Waals surface area contributed by atoms with Crippen molar-refractivity contribution < 1.29 is 0 Å². The van der Waals surface area contributed by atoms with Crippen LogP contribution in [0, 0.1) is 0 Å². The van der Waals surface area contributed by atoms with Crippen LogP contribution < -0.4 is 5.32 Å². The highest BCUT2D eigenvalue weighted by atomic mass is 79.9. The summed E-state index contributed by atoms with van der Waals surface area (Å²) in [5, 5.41) is 4.16. The summed E-state index contributed by atoms with van der Waals surface area (Å²) in [5.41, 5.74) is 0.991. The van der Waals surface area contributed by atoms with E-state index in [-0.39, 0.29) is 0 Å². The number of nitrogens with zero attached hydrogens (tertiary/aromatic N) is 2. The van der Waals surface area contributed by atoms with Crippen LogP contribution in [0.1, 0.15) is 5.82 Å².